The molecule has 0 unspecified atom stereocenters. The smallest absolute Gasteiger partial charge is 0.312 e. The number of hydrazine groups is 1. The summed E-state index contributed by atoms with van der Waals surface area (Å²) in [4.78, 5) is 21.2. The molecular weight excluding hydrogens is 321 g/mol. The maximum absolute atomic E-state index is 10.9. The molecule has 21 heavy (non-hydrogen) atoms. The molecule has 0 heterocycles. The number of amides is 1. The highest BCUT2D eigenvalue weighted by Crippen LogP contribution is 2.35. The van der Waals surface area contributed by atoms with Crippen molar-refractivity contribution in [1.29, 1.82) is 0 Å². The SMILES string of the molecule is NNC(=O)CCCCCOc1cc(Cl)c(Cl)cc1[N+](=O)[O-]. The molecule has 116 valence electrons. The number of carbonyl (C=O) groups is 1. The minimum absolute atomic E-state index is 0.0779. The van der Waals surface area contributed by atoms with Crippen molar-refractivity contribution in [3.63, 3.8) is 0 Å². The molecule has 0 aliphatic heterocycles. The topological polar surface area (TPSA) is 107 Å². The van der Waals surface area contributed by atoms with Crippen molar-refractivity contribution in [2.45, 2.75) is 25.7 Å². The summed E-state index contributed by atoms with van der Waals surface area (Å²) >= 11 is 11.5. The summed E-state index contributed by atoms with van der Waals surface area (Å²) in [6.07, 6.45) is 2.39. The molecule has 1 aromatic rings. The van der Waals surface area contributed by atoms with Crippen LogP contribution in [0.5, 0.6) is 5.75 Å². The maximum Gasteiger partial charge on any atom is 0.312 e. The average Bonchev–Trinajstić information content (AvgIpc) is 2.45. The van der Waals surface area contributed by atoms with Crippen molar-refractivity contribution >= 4 is 34.8 Å². The number of benzene rings is 1. The lowest BCUT2D eigenvalue weighted by Gasteiger charge is -2.08. The third kappa shape index (κ3) is 5.74. The van der Waals surface area contributed by atoms with E-state index < -0.39 is 4.92 Å². The Morgan fingerprint density at radius 2 is 1.95 bits per heavy atom. The fourth-order valence-electron chi connectivity index (χ4n) is 1.60. The molecule has 1 rings (SSSR count). The number of nitrogens with zero attached hydrogens (tertiary/aromatic N) is 1. The second-order valence-corrected chi connectivity index (χ2v) is 5.03. The van der Waals surface area contributed by atoms with Crippen LogP contribution >= 0.6 is 23.2 Å². The maximum atomic E-state index is 10.9. The molecule has 0 atom stereocenters. The van der Waals surface area contributed by atoms with E-state index in [1.54, 1.807) is 0 Å². The fraction of sp³-hybridized carbons (Fsp3) is 0.417. The zero-order valence-corrected chi connectivity index (χ0v) is 12.6. The van der Waals surface area contributed by atoms with Crippen molar-refractivity contribution in [3.8, 4) is 5.75 Å². The van der Waals surface area contributed by atoms with E-state index in [2.05, 4.69) is 0 Å². The van der Waals surface area contributed by atoms with Crippen LogP contribution in [-0.4, -0.2) is 17.4 Å². The highest BCUT2D eigenvalue weighted by molar-refractivity contribution is 6.42. The Balaban J connectivity index is 2.46. The van der Waals surface area contributed by atoms with Gasteiger partial charge < -0.3 is 4.74 Å². The molecule has 3 N–H and O–H groups in total. The van der Waals surface area contributed by atoms with Crippen LogP contribution in [0, 0.1) is 10.1 Å². The van der Waals surface area contributed by atoms with Crippen molar-refractivity contribution in [2.24, 2.45) is 5.84 Å². The van der Waals surface area contributed by atoms with Gasteiger partial charge in [0.15, 0.2) is 5.75 Å². The van der Waals surface area contributed by atoms with E-state index in [0.29, 0.717) is 19.3 Å². The van der Waals surface area contributed by atoms with Crippen LogP contribution in [0.25, 0.3) is 0 Å². The standard InChI is InChI=1S/C12H15Cl2N3O4/c13-8-6-10(17(19)20)11(7-9(8)14)21-5-3-1-2-4-12(18)16-15/h6-7H,1-5,15H2,(H,16,18). The quantitative estimate of drug-likeness (QED) is 0.249. The monoisotopic (exact) mass is 335 g/mol. The van der Waals surface area contributed by atoms with E-state index in [-0.39, 0.29) is 34.0 Å². The highest BCUT2D eigenvalue weighted by Gasteiger charge is 2.18. The van der Waals surface area contributed by atoms with E-state index in [1.807, 2.05) is 5.43 Å². The lowest BCUT2D eigenvalue weighted by molar-refractivity contribution is -0.385. The lowest BCUT2D eigenvalue weighted by Crippen LogP contribution is -2.29. The molecule has 0 bridgehead atoms. The number of nitrogens with two attached hydrogens (primary N) is 1. The predicted molar refractivity (Wildman–Crippen MR) is 79.4 cm³/mol. The molecular formula is C12H15Cl2N3O4. The number of halogens is 2. The summed E-state index contributed by atoms with van der Waals surface area (Å²) in [5, 5.41) is 11.2. The van der Waals surface area contributed by atoms with Gasteiger partial charge in [-0.2, -0.15) is 0 Å². The summed E-state index contributed by atoms with van der Waals surface area (Å²) < 4.78 is 5.36. The minimum Gasteiger partial charge on any atom is -0.487 e. The van der Waals surface area contributed by atoms with E-state index in [0.717, 1.165) is 12.5 Å². The summed E-state index contributed by atoms with van der Waals surface area (Å²) in [5.74, 6) is 4.80. The van der Waals surface area contributed by atoms with Crippen LogP contribution in [0.1, 0.15) is 25.7 Å². The first-order valence-corrected chi connectivity index (χ1v) is 6.97. The second-order valence-electron chi connectivity index (χ2n) is 4.22. The van der Waals surface area contributed by atoms with Gasteiger partial charge in [-0.15, -0.1) is 0 Å². The zero-order chi connectivity index (χ0) is 15.8. The van der Waals surface area contributed by atoms with Gasteiger partial charge in [0, 0.05) is 18.6 Å². The number of nitrogens with one attached hydrogen (secondary N) is 1. The van der Waals surface area contributed by atoms with Crippen LogP contribution < -0.4 is 16.0 Å². The Morgan fingerprint density at radius 1 is 1.29 bits per heavy atom. The van der Waals surface area contributed by atoms with Gasteiger partial charge in [0.25, 0.3) is 0 Å². The average molecular weight is 336 g/mol. The number of ether oxygens (including phenoxy) is 1. The number of unbranched alkanes of at least 4 members (excludes halogenated alkanes) is 2. The molecule has 0 spiro atoms. The number of nitro benzene ring substituents is 1. The molecule has 0 aliphatic carbocycles. The van der Waals surface area contributed by atoms with Gasteiger partial charge in [-0.3, -0.25) is 20.3 Å². The molecule has 1 amide bonds. The van der Waals surface area contributed by atoms with Crippen molar-refractivity contribution in [2.75, 3.05) is 6.61 Å². The van der Waals surface area contributed by atoms with Crippen molar-refractivity contribution in [1.82, 2.24) is 5.43 Å². The van der Waals surface area contributed by atoms with Gasteiger partial charge in [0.05, 0.1) is 21.6 Å². The summed E-state index contributed by atoms with van der Waals surface area (Å²) in [6.45, 7) is 0.281. The Bertz CT molecular complexity index is 525. The first-order chi connectivity index (χ1) is 9.95. The normalized spacial score (nSPS) is 10.2. The summed E-state index contributed by atoms with van der Waals surface area (Å²) in [7, 11) is 0. The zero-order valence-electron chi connectivity index (χ0n) is 11.1. The van der Waals surface area contributed by atoms with Gasteiger partial charge >= 0.3 is 5.69 Å². The lowest BCUT2D eigenvalue weighted by atomic mass is 10.2. The largest absolute Gasteiger partial charge is 0.487 e. The Labute approximate surface area is 131 Å². The second kappa shape index (κ2) is 8.66. The predicted octanol–water partition coefficient (Wildman–Crippen LogP) is 2.83. The van der Waals surface area contributed by atoms with Gasteiger partial charge in [0.2, 0.25) is 5.91 Å². The van der Waals surface area contributed by atoms with Gasteiger partial charge in [-0.05, 0) is 19.3 Å². The molecule has 9 heteroatoms. The van der Waals surface area contributed by atoms with E-state index in [1.165, 1.54) is 6.07 Å². The van der Waals surface area contributed by atoms with Crippen LogP contribution in [0.4, 0.5) is 5.69 Å². The van der Waals surface area contributed by atoms with Gasteiger partial charge in [-0.25, -0.2) is 5.84 Å². The molecule has 0 fully saturated rings. The van der Waals surface area contributed by atoms with E-state index >= 15 is 0 Å². The Morgan fingerprint density at radius 3 is 2.57 bits per heavy atom. The first-order valence-electron chi connectivity index (χ1n) is 6.21. The Kier molecular flexibility index (Phi) is 7.21. The summed E-state index contributed by atoms with van der Waals surface area (Å²) in [6, 6.07) is 2.48. The fourth-order valence-corrected chi connectivity index (χ4v) is 1.91. The highest BCUT2D eigenvalue weighted by atomic mass is 35.5. The number of nitro groups is 1. The third-order valence-electron chi connectivity index (χ3n) is 2.67. The molecule has 7 nitrogen and oxygen atoms in total. The third-order valence-corrected chi connectivity index (χ3v) is 3.39. The summed E-state index contributed by atoms with van der Waals surface area (Å²) in [5.41, 5.74) is 1.81. The number of hydrogen-bond acceptors (Lipinski definition) is 5. The van der Waals surface area contributed by atoms with Crippen LogP contribution in [0.15, 0.2) is 12.1 Å². The molecule has 0 aromatic heterocycles. The molecule has 0 saturated carbocycles. The molecule has 0 saturated heterocycles. The van der Waals surface area contributed by atoms with Crippen molar-refractivity contribution in [3.05, 3.63) is 32.3 Å². The number of rotatable bonds is 8. The number of carbonyl (C=O) groups excluding carboxylic acids is 1. The van der Waals surface area contributed by atoms with Crippen LogP contribution in [-0.2, 0) is 4.79 Å². The molecule has 0 aliphatic rings. The van der Waals surface area contributed by atoms with Gasteiger partial charge in [0.1, 0.15) is 0 Å². The Hall–Kier alpha value is -1.57. The molecule has 0 radical (unpaired) electrons. The van der Waals surface area contributed by atoms with Gasteiger partial charge in [-0.1, -0.05) is 23.2 Å². The van der Waals surface area contributed by atoms with Crippen molar-refractivity contribution < 1.29 is 14.5 Å². The van der Waals surface area contributed by atoms with Crippen LogP contribution in [0.2, 0.25) is 10.0 Å². The number of hydrogen-bond donors (Lipinski definition) is 2. The first kappa shape index (κ1) is 17.5. The van der Waals surface area contributed by atoms with Crippen LogP contribution in [0.3, 0.4) is 0 Å². The van der Waals surface area contributed by atoms with E-state index in [4.69, 9.17) is 33.8 Å². The minimum atomic E-state index is -0.580. The molecule has 1 aromatic carbocycles. The van der Waals surface area contributed by atoms with E-state index in [9.17, 15) is 14.9 Å².